The quantitative estimate of drug-likeness (QED) is 0.885. The fraction of sp³-hybridized carbons (Fsp3) is 0.667. The lowest BCUT2D eigenvalue weighted by molar-refractivity contribution is 0.260. The fourth-order valence-corrected chi connectivity index (χ4v) is 3.40. The van der Waals surface area contributed by atoms with E-state index in [-0.39, 0.29) is 0 Å². The summed E-state index contributed by atoms with van der Waals surface area (Å²) in [6, 6.07) is 4.91. The molecule has 2 N–H and O–H groups in total. The normalized spacial score (nSPS) is 24.3. The van der Waals surface area contributed by atoms with E-state index in [1.165, 1.54) is 37.9 Å². The van der Waals surface area contributed by atoms with Crippen LogP contribution in [0.25, 0.3) is 0 Å². The molecule has 0 aromatic carbocycles. The molecule has 104 valence electrons. The first-order valence-electron chi connectivity index (χ1n) is 7.51. The molecule has 1 atom stereocenters. The molecule has 1 aromatic heterocycles. The zero-order valence-electron chi connectivity index (χ0n) is 11.6. The number of likely N-dealkylation sites (tertiary alicyclic amines) is 1. The first-order chi connectivity index (χ1) is 9.38. The van der Waals surface area contributed by atoms with Crippen LogP contribution in [0.5, 0.6) is 0 Å². The second-order valence-electron chi connectivity index (χ2n) is 5.66. The molecule has 1 unspecified atom stereocenters. The van der Waals surface area contributed by atoms with Crippen LogP contribution in [-0.4, -0.2) is 48.6 Å². The molecule has 0 saturated carbocycles. The van der Waals surface area contributed by atoms with Gasteiger partial charge in [0.2, 0.25) is 0 Å². The van der Waals surface area contributed by atoms with Crippen molar-refractivity contribution >= 4 is 5.82 Å². The number of rotatable bonds is 4. The number of nitrogens with zero attached hydrogens (tertiary/aromatic N) is 3. The molecule has 4 nitrogen and oxygen atoms in total. The zero-order chi connectivity index (χ0) is 13.1. The molecule has 2 fully saturated rings. The van der Waals surface area contributed by atoms with Crippen LogP contribution in [-0.2, 0) is 6.42 Å². The van der Waals surface area contributed by atoms with E-state index in [2.05, 4.69) is 20.9 Å². The minimum atomic E-state index is 0.697. The number of nitrogens with two attached hydrogens (primary N) is 1. The summed E-state index contributed by atoms with van der Waals surface area (Å²) in [5.74, 6) is 1.16. The lowest BCUT2D eigenvalue weighted by atomic mass is 10.2. The first kappa shape index (κ1) is 12.9. The van der Waals surface area contributed by atoms with Crippen LogP contribution in [0.2, 0.25) is 0 Å². The maximum atomic E-state index is 5.70. The minimum absolute atomic E-state index is 0.697. The summed E-state index contributed by atoms with van der Waals surface area (Å²) in [5.41, 5.74) is 7.00. The third kappa shape index (κ3) is 2.74. The standard InChI is InChI=1S/C15H24N4/c16-7-5-13-4-3-8-17-15(13)19-11-6-14(12-19)18-9-1-2-10-18/h3-4,8,14H,1-2,5-7,9-12,16H2. The molecule has 2 aliphatic rings. The van der Waals surface area contributed by atoms with Crippen LogP contribution in [0.4, 0.5) is 5.82 Å². The van der Waals surface area contributed by atoms with Crippen molar-refractivity contribution in [2.24, 2.45) is 5.73 Å². The Kier molecular flexibility index (Phi) is 3.99. The molecule has 4 heteroatoms. The highest BCUT2D eigenvalue weighted by atomic mass is 15.3. The van der Waals surface area contributed by atoms with Gasteiger partial charge in [-0.25, -0.2) is 4.98 Å². The number of aromatic nitrogens is 1. The Morgan fingerprint density at radius 3 is 2.89 bits per heavy atom. The van der Waals surface area contributed by atoms with Gasteiger partial charge in [0.25, 0.3) is 0 Å². The molecule has 2 aliphatic heterocycles. The van der Waals surface area contributed by atoms with Gasteiger partial charge >= 0.3 is 0 Å². The average molecular weight is 260 g/mol. The van der Waals surface area contributed by atoms with Gasteiger partial charge in [0, 0.05) is 25.3 Å². The molecule has 0 amide bonds. The summed E-state index contributed by atoms with van der Waals surface area (Å²) in [6.07, 6.45) is 6.85. The molecular formula is C15H24N4. The van der Waals surface area contributed by atoms with E-state index in [9.17, 15) is 0 Å². The third-order valence-electron chi connectivity index (χ3n) is 4.40. The van der Waals surface area contributed by atoms with E-state index < -0.39 is 0 Å². The predicted octanol–water partition coefficient (Wildman–Crippen LogP) is 1.26. The monoisotopic (exact) mass is 260 g/mol. The molecule has 0 aliphatic carbocycles. The highest BCUT2D eigenvalue weighted by Crippen LogP contribution is 2.26. The van der Waals surface area contributed by atoms with Gasteiger partial charge in [0.05, 0.1) is 0 Å². The van der Waals surface area contributed by atoms with E-state index in [0.29, 0.717) is 6.54 Å². The Labute approximate surface area is 115 Å². The lowest BCUT2D eigenvalue weighted by Gasteiger charge is -2.25. The summed E-state index contributed by atoms with van der Waals surface area (Å²) in [7, 11) is 0. The van der Waals surface area contributed by atoms with Crippen molar-refractivity contribution in [3.63, 3.8) is 0 Å². The minimum Gasteiger partial charge on any atom is -0.355 e. The summed E-state index contributed by atoms with van der Waals surface area (Å²) in [4.78, 5) is 9.70. The van der Waals surface area contributed by atoms with E-state index in [1.54, 1.807) is 0 Å². The SMILES string of the molecule is NCCc1cccnc1N1CCC(N2CCCC2)C1. The van der Waals surface area contributed by atoms with Crippen LogP contribution in [0.1, 0.15) is 24.8 Å². The summed E-state index contributed by atoms with van der Waals surface area (Å²) in [6.45, 7) is 5.54. The second-order valence-corrected chi connectivity index (χ2v) is 5.66. The molecule has 19 heavy (non-hydrogen) atoms. The van der Waals surface area contributed by atoms with Gasteiger partial charge in [-0.2, -0.15) is 0 Å². The van der Waals surface area contributed by atoms with Crippen LogP contribution in [0.3, 0.4) is 0 Å². The summed E-state index contributed by atoms with van der Waals surface area (Å²) < 4.78 is 0. The second kappa shape index (κ2) is 5.88. The van der Waals surface area contributed by atoms with Crippen molar-refractivity contribution in [3.05, 3.63) is 23.9 Å². The maximum Gasteiger partial charge on any atom is 0.131 e. The smallest absolute Gasteiger partial charge is 0.131 e. The van der Waals surface area contributed by atoms with Crippen LogP contribution < -0.4 is 10.6 Å². The lowest BCUT2D eigenvalue weighted by Crippen LogP contribution is -2.35. The topological polar surface area (TPSA) is 45.4 Å². The van der Waals surface area contributed by atoms with Gasteiger partial charge < -0.3 is 10.6 Å². The molecule has 3 rings (SSSR count). The van der Waals surface area contributed by atoms with Crippen molar-refractivity contribution in [1.29, 1.82) is 0 Å². The predicted molar refractivity (Wildman–Crippen MR) is 78.4 cm³/mol. The molecule has 0 spiro atoms. The molecule has 0 bridgehead atoms. The van der Waals surface area contributed by atoms with E-state index >= 15 is 0 Å². The Hall–Kier alpha value is -1.13. The van der Waals surface area contributed by atoms with Crippen LogP contribution in [0, 0.1) is 0 Å². The Morgan fingerprint density at radius 1 is 1.26 bits per heavy atom. The van der Waals surface area contributed by atoms with Gasteiger partial charge in [-0.05, 0) is 56.9 Å². The Bertz CT molecular complexity index is 414. The van der Waals surface area contributed by atoms with Crippen molar-refractivity contribution in [1.82, 2.24) is 9.88 Å². The van der Waals surface area contributed by atoms with Gasteiger partial charge in [-0.3, -0.25) is 4.90 Å². The Morgan fingerprint density at radius 2 is 2.11 bits per heavy atom. The van der Waals surface area contributed by atoms with Gasteiger partial charge in [0.1, 0.15) is 5.82 Å². The largest absolute Gasteiger partial charge is 0.355 e. The van der Waals surface area contributed by atoms with Crippen molar-refractivity contribution in [2.75, 3.05) is 37.6 Å². The van der Waals surface area contributed by atoms with Crippen molar-refractivity contribution < 1.29 is 0 Å². The first-order valence-corrected chi connectivity index (χ1v) is 7.51. The summed E-state index contributed by atoms with van der Waals surface area (Å²) >= 11 is 0. The van der Waals surface area contributed by atoms with Gasteiger partial charge in [-0.1, -0.05) is 6.07 Å². The zero-order valence-corrected chi connectivity index (χ0v) is 11.6. The molecule has 2 saturated heterocycles. The van der Waals surface area contributed by atoms with E-state index in [0.717, 1.165) is 31.4 Å². The number of hydrogen-bond acceptors (Lipinski definition) is 4. The number of hydrogen-bond donors (Lipinski definition) is 1. The fourth-order valence-electron chi connectivity index (χ4n) is 3.40. The highest BCUT2D eigenvalue weighted by molar-refractivity contribution is 5.48. The number of pyridine rings is 1. The third-order valence-corrected chi connectivity index (χ3v) is 4.40. The average Bonchev–Trinajstić information content (AvgIpc) is 3.11. The molecule has 1 aromatic rings. The molecule has 3 heterocycles. The highest BCUT2D eigenvalue weighted by Gasteiger charge is 2.30. The van der Waals surface area contributed by atoms with Crippen LogP contribution in [0.15, 0.2) is 18.3 Å². The van der Waals surface area contributed by atoms with E-state index in [1.807, 2.05) is 12.3 Å². The van der Waals surface area contributed by atoms with Crippen LogP contribution >= 0.6 is 0 Å². The number of anilines is 1. The Balaban J connectivity index is 1.70. The van der Waals surface area contributed by atoms with Gasteiger partial charge in [0.15, 0.2) is 0 Å². The van der Waals surface area contributed by atoms with Crippen molar-refractivity contribution in [3.8, 4) is 0 Å². The van der Waals surface area contributed by atoms with E-state index in [4.69, 9.17) is 5.73 Å². The molecule has 0 radical (unpaired) electrons. The molecular weight excluding hydrogens is 236 g/mol. The van der Waals surface area contributed by atoms with Gasteiger partial charge in [-0.15, -0.1) is 0 Å². The maximum absolute atomic E-state index is 5.70. The summed E-state index contributed by atoms with van der Waals surface area (Å²) in [5, 5.41) is 0. The van der Waals surface area contributed by atoms with Crippen molar-refractivity contribution in [2.45, 2.75) is 31.7 Å².